The molecule has 0 saturated heterocycles. The largest absolute Gasteiger partial charge is 0.419 e. The van der Waals surface area contributed by atoms with Crippen molar-refractivity contribution in [3.05, 3.63) is 40.3 Å². The summed E-state index contributed by atoms with van der Waals surface area (Å²) in [4.78, 5) is 0. The molecule has 0 unspecified atom stereocenters. The average molecular weight is 335 g/mol. The van der Waals surface area contributed by atoms with Crippen molar-refractivity contribution in [1.29, 1.82) is 0 Å². The Bertz CT molecular complexity index is 750. The van der Waals surface area contributed by atoms with E-state index in [2.05, 4.69) is 36.4 Å². The summed E-state index contributed by atoms with van der Waals surface area (Å²) in [6.45, 7) is 2.17. The van der Waals surface area contributed by atoms with Crippen LogP contribution in [0.2, 0.25) is 0 Å². The molecule has 0 aliphatic carbocycles. The molecule has 0 spiro atoms. The Morgan fingerprint density at radius 1 is 1.25 bits per heavy atom. The summed E-state index contributed by atoms with van der Waals surface area (Å²) in [6.07, 6.45) is 0. The van der Waals surface area contributed by atoms with Gasteiger partial charge in [0.2, 0.25) is 11.8 Å². The number of aromatic nitrogens is 5. The molecule has 2 aromatic heterocycles. The van der Waals surface area contributed by atoms with Crippen molar-refractivity contribution in [2.75, 3.05) is 5.73 Å². The minimum absolute atomic E-state index is 0.341. The van der Waals surface area contributed by atoms with Crippen LogP contribution in [0, 0.1) is 6.92 Å². The van der Waals surface area contributed by atoms with Crippen LogP contribution in [0.3, 0.4) is 0 Å². The van der Waals surface area contributed by atoms with Gasteiger partial charge in [-0.1, -0.05) is 17.3 Å². The Morgan fingerprint density at radius 3 is 2.75 bits per heavy atom. The van der Waals surface area contributed by atoms with Gasteiger partial charge in [-0.25, -0.2) is 4.68 Å². The molecule has 0 bridgehead atoms. The van der Waals surface area contributed by atoms with Crippen molar-refractivity contribution >= 4 is 21.7 Å². The van der Waals surface area contributed by atoms with Gasteiger partial charge in [-0.05, 0) is 35.0 Å². The van der Waals surface area contributed by atoms with Crippen LogP contribution < -0.4 is 5.73 Å². The average Bonchev–Trinajstić information content (AvgIpc) is 3.02. The minimum Gasteiger partial charge on any atom is -0.419 e. The highest BCUT2D eigenvalue weighted by molar-refractivity contribution is 9.10. The van der Waals surface area contributed by atoms with Gasteiger partial charge in [0.25, 0.3) is 0 Å². The molecule has 0 saturated carbocycles. The van der Waals surface area contributed by atoms with Crippen LogP contribution in [0.1, 0.15) is 11.6 Å². The lowest BCUT2D eigenvalue weighted by Crippen LogP contribution is -2.04. The van der Waals surface area contributed by atoms with Gasteiger partial charge in [0.1, 0.15) is 6.54 Å². The summed E-state index contributed by atoms with van der Waals surface area (Å²) in [7, 11) is 0. The highest BCUT2D eigenvalue weighted by Crippen LogP contribution is 2.26. The van der Waals surface area contributed by atoms with Gasteiger partial charge in [-0.2, -0.15) is 0 Å². The molecule has 7 nitrogen and oxygen atoms in total. The predicted octanol–water partition coefficient (Wildman–Crippen LogP) is 2.03. The molecule has 0 radical (unpaired) electrons. The minimum atomic E-state index is 0.341. The van der Waals surface area contributed by atoms with Gasteiger partial charge in [-0.15, -0.1) is 15.3 Å². The van der Waals surface area contributed by atoms with Crippen LogP contribution in [0.4, 0.5) is 5.82 Å². The molecule has 2 N–H and O–H groups in total. The maximum Gasteiger partial charge on any atom is 0.248 e. The van der Waals surface area contributed by atoms with E-state index >= 15 is 0 Å². The fraction of sp³-hybridized carbons (Fsp3) is 0.167. The van der Waals surface area contributed by atoms with E-state index in [0.717, 1.165) is 15.7 Å². The van der Waals surface area contributed by atoms with Crippen LogP contribution in [0.15, 0.2) is 33.2 Å². The van der Waals surface area contributed by atoms with Gasteiger partial charge < -0.3 is 10.2 Å². The monoisotopic (exact) mass is 334 g/mol. The highest BCUT2D eigenvalue weighted by atomic mass is 79.9. The van der Waals surface area contributed by atoms with Gasteiger partial charge in [-0.3, -0.25) is 0 Å². The zero-order valence-corrected chi connectivity index (χ0v) is 12.2. The zero-order valence-electron chi connectivity index (χ0n) is 10.6. The predicted molar refractivity (Wildman–Crippen MR) is 75.7 cm³/mol. The number of nitrogens with two attached hydrogens (primary N) is 1. The molecule has 1 aromatic carbocycles. The van der Waals surface area contributed by atoms with E-state index in [-0.39, 0.29) is 0 Å². The van der Waals surface area contributed by atoms with Gasteiger partial charge in [0, 0.05) is 4.47 Å². The number of anilines is 1. The van der Waals surface area contributed by atoms with Crippen molar-refractivity contribution in [2.45, 2.75) is 13.5 Å². The molecule has 0 fully saturated rings. The Kier molecular flexibility index (Phi) is 3.23. The molecule has 0 aliphatic heterocycles. The smallest absolute Gasteiger partial charge is 0.248 e. The number of nitrogen functional groups attached to an aromatic ring is 1. The Morgan fingerprint density at radius 2 is 2.05 bits per heavy atom. The fourth-order valence-electron chi connectivity index (χ4n) is 1.71. The van der Waals surface area contributed by atoms with E-state index in [0.29, 0.717) is 24.1 Å². The van der Waals surface area contributed by atoms with Gasteiger partial charge in [0.15, 0.2) is 5.82 Å². The third-order valence-corrected chi connectivity index (χ3v) is 3.57. The molecular formula is C12H11BrN6O. The molecule has 102 valence electrons. The third kappa shape index (κ3) is 2.29. The van der Waals surface area contributed by atoms with E-state index in [1.807, 2.05) is 31.2 Å². The van der Waals surface area contributed by atoms with Crippen molar-refractivity contribution in [1.82, 2.24) is 25.2 Å². The topological polar surface area (TPSA) is 95.7 Å². The molecule has 0 aliphatic rings. The number of benzene rings is 1. The molecule has 3 rings (SSSR count). The van der Waals surface area contributed by atoms with E-state index < -0.39 is 0 Å². The van der Waals surface area contributed by atoms with Crippen molar-refractivity contribution in [3.8, 4) is 11.5 Å². The first-order valence-electron chi connectivity index (χ1n) is 5.88. The van der Waals surface area contributed by atoms with Crippen LogP contribution >= 0.6 is 15.9 Å². The summed E-state index contributed by atoms with van der Waals surface area (Å²) >= 11 is 3.45. The summed E-state index contributed by atoms with van der Waals surface area (Å²) in [5.41, 5.74) is 7.26. The van der Waals surface area contributed by atoms with Crippen LogP contribution in [0.25, 0.3) is 11.5 Å². The first kappa shape index (κ1) is 12.8. The Labute approximate surface area is 122 Å². The third-order valence-electron chi connectivity index (χ3n) is 2.87. The van der Waals surface area contributed by atoms with Crippen LogP contribution in [-0.2, 0) is 6.54 Å². The van der Waals surface area contributed by atoms with E-state index in [4.69, 9.17) is 10.2 Å². The van der Waals surface area contributed by atoms with E-state index in [1.54, 1.807) is 4.68 Å². The Hall–Kier alpha value is -2.22. The maximum absolute atomic E-state index is 5.64. The number of rotatable bonds is 3. The summed E-state index contributed by atoms with van der Waals surface area (Å²) in [5.74, 6) is 1.30. The van der Waals surface area contributed by atoms with E-state index in [1.165, 1.54) is 0 Å². The van der Waals surface area contributed by atoms with Gasteiger partial charge >= 0.3 is 0 Å². The Balaban J connectivity index is 1.88. The van der Waals surface area contributed by atoms with Gasteiger partial charge in [0.05, 0.1) is 11.3 Å². The lowest BCUT2D eigenvalue weighted by molar-refractivity contribution is 0.465. The first-order chi connectivity index (χ1) is 9.65. The number of halogens is 1. The second-order valence-corrected chi connectivity index (χ2v) is 5.05. The van der Waals surface area contributed by atoms with E-state index in [9.17, 15) is 0 Å². The quantitative estimate of drug-likeness (QED) is 0.787. The molecule has 8 heteroatoms. The lowest BCUT2D eigenvalue weighted by atomic mass is 10.2. The molecule has 20 heavy (non-hydrogen) atoms. The standard InChI is InChI=1S/C12H11BrN6O/c1-7-11(14)16-18-19(7)6-10-15-17-12(20-10)8-4-2-3-5-9(8)13/h2-5H,6,14H2,1H3. The number of nitrogens with zero attached hydrogens (tertiary/aromatic N) is 5. The molecule has 2 heterocycles. The van der Waals surface area contributed by atoms with Crippen LogP contribution in [-0.4, -0.2) is 25.2 Å². The summed E-state index contributed by atoms with van der Waals surface area (Å²) < 4.78 is 8.15. The summed E-state index contributed by atoms with van der Waals surface area (Å²) in [6, 6.07) is 7.65. The molecular weight excluding hydrogens is 324 g/mol. The lowest BCUT2D eigenvalue weighted by Gasteiger charge is -1.99. The van der Waals surface area contributed by atoms with Crippen molar-refractivity contribution in [2.24, 2.45) is 0 Å². The normalized spacial score (nSPS) is 10.9. The number of hydrogen-bond acceptors (Lipinski definition) is 6. The molecule has 0 atom stereocenters. The second-order valence-electron chi connectivity index (χ2n) is 4.20. The first-order valence-corrected chi connectivity index (χ1v) is 6.67. The van der Waals surface area contributed by atoms with Crippen molar-refractivity contribution < 1.29 is 4.42 Å². The number of hydrogen-bond donors (Lipinski definition) is 1. The second kappa shape index (κ2) is 5.04. The SMILES string of the molecule is Cc1c(N)nnn1Cc1nnc(-c2ccccc2Br)o1. The fourth-order valence-corrected chi connectivity index (χ4v) is 2.17. The highest BCUT2D eigenvalue weighted by Gasteiger charge is 2.13. The summed E-state index contributed by atoms with van der Waals surface area (Å²) in [5, 5.41) is 15.8. The maximum atomic E-state index is 5.64. The van der Waals surface area contributed by atoms with Crippen molar-refractivity contribution in [3.63, 3.8) is 0 Å². The van der Waals surface area contributed by atoms with Crippen LogP contribution in [0.5, 0.6) is 0 Å². The molecule has 3 aromatic rings. The zero-order chi connectivity index (χ0) is 14.1. The molecule has 0 amide bonds.